The molecule has 0 amide bonds. The predicted octanol–water partition coefficient (Wildman–Crippen LogP) is 5.14. The Balaban J connectivity index is 1.56. The van der Waals surface area contributed by atoms with Crippen molar-refractivity contribution in [2.45, 2.75) is 25.4 Å². The van der Waals surface area contributed by atoms with Crippen LogP contribution in [-0.2, 0) is 13.1 Å². The van der Waals surface area contributed by atoms with Gasteiger partial charge in [-0.05, 0) is 49.5 Å². The van der Waals surface area contributed by atoms with E-state index in [9.17, 15) is 0 Å². The molecular formula is C30H30N8. The molecule has 0 radical (unpaired) electrons. The zero-order valence-corrected chi connectivity index (χ0v) is 21.5. The van der Waals surface area contributed by atoms with Crippen LogP contribution in [0.25, 0.3) is 22.1 Å². The van der Waals surface area contributed by atoms with Crippen molar-refractivity contribution >= 4 is 22.1 Å². The number of fused-ring (bicyclic) bond motifs is 2. The van der Waals surface area contributed by atoms with Gasteiger partial charge in [-0.2, -0.15) is 0 Å². The van der Waals surface area contributed by atoms with Crippen molar-refractivity contribution in [1.82, 2.24) is 39.8 Å². The molecule has 2 aromatic heterocycles. The van der Waals surface area contributed by atoms with Crippen LogP contribution in [0.5, 0.6) is 0 Å². The standard InChI is InChI=1S/C30H30N8/c1-35(2)29(37-27-19-11-9-17-25(27)31-33-37)30(38-28-20-12-10-18-26(28)32-34-38)36(21-23-13-5-3-6-14-23)22-24-15-7-4-8-16-24/h3-20,29-30H,21-22H2,1-2H3. The Morgan fingerprint density at radius 2 is 0.974 bits per heavy atom. The molecule has 0 bridgehead atoms. The highest BCUT2D eigenvalue weighted by atomic mass is 15.6. The minimum absolute atomic E-state index is 0.236. The molecule has 6 rings (SSSR count). The third-order valence-electron chi connectivity index (χ3n) is 6.88. The van der Waals surface area contributed by atoms with Gasteiger partial charge in [-0.3, -0.25) is 9.80 Å². The Morgan fingerprint density at radius 3 is 1.45 bits per heavy atom. The molecule has 6 aromatic rings. The molecule has 8 heteroatoms. The molecule has 0 fully saturated rings. The first-order valence-electron chi connectivity index (χ1n) is 12.8. The van der Waals surface area contributed by atoms with E-state index < -0.39 is 0 Å². The number of rotatable bonds is 9. The highest BCUT2D eigenvalue weighted by Crippen LogP contribution is 2.34. The largest absolute Gasteiger partial charge is 0.285 e. The van der Waals surface area contributed by atoms with Crippen molar-refractivity contribution in [1.29, 1.82) is 0 Å². The summed E-state index contributed by atoms with van der Waals surface area (Å²) in [5, 5.41) is 18.4. The lowest BCUT2D eigenvalue weighted by Gasteiger charge is -2.40. The van der Waals surface area contributed by atoms with Gasteiger partial charge in [-0.25, -0.2) is 9.36 Å². The van der Waals surface area contributed by atoms with Crippen LogP contribution in [0.3, 0.4) is 0 Å². The molecule has 8 nitrogen and oxygen atoms in total. The second-order valence-electron chi connectivity index (χ2n) is 9.71. The van der Waals surface area contributed by atoms with Crippen LogP contribution in [-0.4, -0.2) is 53.9 Å². The van der Waals surface area contributed by atoms with E-state index in [0.717, 1.165) is 22.1 Å². The van der Waals surface area contributed by atoms with Gasteiger partial charge >= 0.3 is 0 Å². The van der Waals surface area contributed by atoms with Crippen molar-refractivity contribution in [2.75, 3.05) is 14.1 Å². The Kier molecular flexibility index (Phi) is 6.64. The second-order valence-corrected chi connectivity index (χ2v) is 9.71. The van der Waals surface area contributed by atoms with E-state index >= 15 is 0 Å². The molecule has 4 aromatic carbocycles. The predicted molar refractivity (Wildman–Crippen MR) is 149 cm³/mol. The van der Waals surface area contributed by atoms with Crippen molar-refractivity contribution in [3.63, 3.8) is 0 Å². The maximum absolute atomic E-state index is 4.73. The average Bonchev–Trinajstić information content (AvgIpc) is 3.57. The number of hydrogen-bond acceptors (Lipinski definition) is 6. The molecular weight excluding hydrogens is 472 g/mol. The van der Waals surface area contributed by atoms with Crippen LogP contribution >= 0.6 is 0 Å². The molecule has 2 heterocycles. The highest BCUT2D eigenvalue weighted by Gasteiger charge is 2.36. The zero-order chi connectivity index (χ0) is 25.9. The summed E-state index contributed by atoms with van der Waals surface area (Å²) in [4.78, 5) is 4.64. The average molecular weight is 503 g/mol. The van der Waals surface area contributed by atoms with Crippen molar-refractivity contribution in [3.05, 3.63) is 120 Å². The van der Waals surface area contributed by atoms with E-state index in [1.807, 2.05) is 45.8 Å². The molecule has 0 aliphatic carbocycles. The van der Waals surface area contributed by atoms with Gasteiger partial charge < -0.3 is 0 Å². The van der Waals surface area contributed by atoms with Crippen LogP contribution in [0.15, 0.2) is 109 Å². The number of hydrogen-bond donors (Lipinski definition) is 0. The first-order valence-corrected chi connectivity index (χ1v) is 12.8. The Labute approximate surface area is 221 Å². The maximum Gasteiger partial charge on any atom is 0.143 e. The maximum atomic E-state index is 4.73. The van der Waals surface area contributed by atoms with Gasteiger partial charge in [0.15, 0.2) is 0 Å². The Morgan fingerprint density at radius 1 is 0.553 bits per heavy atom. The fraction of sp³-hybridized carbons (Fsp3) is 0.200. The van der Waals surface area contributed by atoms with Gasteiger partial charge in [0.05, 0.1) is 11.0 Å². The number of aromatic nitrogens is 6. The summed E-state index contributed by atoms with van der Waals surface area (Å²) < 4.78 is 4.06. The molecule has 190 valence electrons. The van der Waals surface area contributed by atoms with Crippen LogP contribution in [0, 0.1) is 0 Å². The summed E-state index contributed by atoms with van der Waals surface area (Å²) in [6.07, 6.45) is -0.497. The SMILES string of the molecule is CN(C)C(C(N(Cc1ccccc1)Cc1ccccc1)n1nnc2ccccc21)n1nnc2ccccc21. The summed E-state index contributed by atoms with van der Waals surface area (Å²) in [5.74, 6) is 0. The third-order valence-corrected chi connectivity index (χ3v) is 6.88. The van der Waals surface area contributed by atoms with Gasteiger partial charge in [0, 0.05) is 13.1 Å². The molecule has 0 aliphatic heterocycles. The van der Waals surface area contributed by atoms with Crippen LogP contribution in [0.2, 0.25) is 0 Å². The summed E-state index contributed by atoms with van der Waals surface area (Å²) in [5.41, 5.74) is 6.11. The fourth-order valence-corrected chi connectivity index (χ4v) is 5.12. The lowest BCUT2D eigenvalue weighted by molar-refractivity contribution is -0.00245. The van der Waals surface area contributed by atoms with Crippen LogP contribution < -0.4 is 0 Å². The van der Waals surface area contributed by atoms with Gasteiger partial charge in [-0.15, -0.1) is 10.2 Å². The van der Waals surface area contributed by atoms with E-state index in [-0.39, 0.29) is 12.3 Å². The van der Waals surface area contributed by atoms with Gasteiger partial charge in [0.2, 0.25) is 0 Å². The molecule has 2 atom stereocenters. The van der Waals surface area contributed by atoms with E-state index in [1.165, 1.54) is 11.1 Å². The van der Waals surface area contributed by atoms with Crippen molar-refractivity contribution < 1.29 is 0 Å². The summed E-state index contributed by atoms with van der Waals surface area (Å²) in [6.45, 7) is 1.43. The first-order chi connectivity index (χ1) is 18.7. The fourth-order valence-electron chi connectivity index (χ4n) is 5.12. The van der Waals surface area contributed by atoms with Crippen LogP contribution in [0.1, 0.15) is 23.5 Å². The topological polar surface area (TPSA) is 67.9 Å². The monoisotopic (exact) mass is 502 g/mol. The van der Waals surface area contributed by atoms with Crippen molar-refractivity contribution in [3.8, 4) is 0 Å². The third kappa shape index (κ3) is 4.67. The smallest absolute Gasteiger partial charge is 0.143 e. The quantitative estimate of drug-likeness (QED) is 0.273. The van der Waals surface area contributed by atoms with Gasteiger partial charge in [0.1, 0.15) is 23.4 Å². The lowest BCUT2D eigenvalue weighted by atomic mass is 10.1. The van der Waals surface area contributed by atoms with E-state index in [0.29, 0.717) is 13.1 Å². The lowest BCUT2D eigenvalue weighted by Crippen LogP contribution is -2.44. The minimum atomic E-state index is -0.261. The zero-order valence-electron chi connectivity index (χ0n) is 21.5. The van der Waals surface area contributed by atoms with Gasteiger partial charge in [0.25, 0.3) is 0 Å². The molecule has 0 N–H and O–H groups in total. The molecule has 0 spiro atoms. The van der Waals surface area contributed by atoms with E-state index in [1.54, 1.807) is 0 Å². The highest BCUT2D eigenvalue weighted by molar-refractivity contribution is 5.75. The van der Waals surface area contributed by atoms with Crippen LogP contribution in [0.4, 0.5) is 0 Å². The minimum Gasteiger partial charge on any atom is -0.285 e. The molecule has 0 aliphatic rings. The summed E-state index contributed by atoms with van der Waals surface area (Å²) >= 11 is 0. The number of nitrogens with zero attached hydrogens (tertiary/aromatic N) is 8. The van der Waals surface area contributed by atoms with E-state index in [4.69, 9.17) is 5.21 Å². The Bertz CT molecular complexity index is 1580. The summed E-state index contributed by atoms with van der Waals surface area (Å²) in [7, 11) is 4.16. The Hall–Kier alpha value is -4.40. The van der Waals surface area contributed by atoms with Gasteiger partial charge in [-0.1, -0.05) is 95.4 Å². The first kappa shape index (κ1) is 24.0. The second kappa shape index (κ2) is 10.5. The summed E-state index contributed by atoms with van der Waals surface area (Å²) in [6, 6.07) is 37.3. The van der Waals surface area contributed by atoms with Crippen molar-refractivity contribution in [2.24, 2.45) is 0 Å². The molecule has 0 saturated carbocycles. The molecule has 2 unspecified atom stereocenters. The number of benzene rings is 4. The molecule has 38 heavy (non-hydrogen) atoms. The number of para-hydroxylation sites is 2. The van der Waals surface area contributed by atoms with E-state index in [2.05, 4.69) is 112 Å². The normalized spacial score (nSPS) is 13.5. The number of likely N-dealkylation sites (N-methyl/N-ethyl adjacent to an activating group) is 1. The molecule has 0 saturated heterocycles.